The average Bonchev–Trinajstić information content (AvgIpc) is 2.86. The second-order valence-electron chi connectivity index (χ2n) is 5.68. The average molecular weight is 199 g/mol. The summed E-state index contributed by atoms with van der Waals surface area (Å²) >= 11 is 0. The highest BCUT2D eigenvalue weighted by atomic mass is 16.3. The lowest BCUT2D eigenvalue weighted by atomic mass is 9.94. The van der Waals surface area contributed by atoms with Crippen molar-refractivity contribution in [3.05, 3.63) is 0 Å². The minimum absolute atomic E-state index is 0.0301. The highest BCUT2D eigenvalue weighted by Crippen LogP contribution is 2.48. The van der Waals surface area contributed by atoms with Crippen LogP contribution in [0.3, 0.4) is 0 Å². The molecule has 0 bridgehead atoms. The molecule has 0 amide bonds. The second-order valence-corrected chi connectivity index (χ2v) is 5.68. The van der Waals surface area contributed by atoms with Crippen molar-refractivity contribution in [3.8, 4) is 0 Å². The van der Waals surface area contributed by atoms with Gasteiger partial charge in [0.25, 0.3) is 0 Å². The third kappa shape index (κ3) is 3.58. The maximum Gasteiger partial charge on any atom is 0.0494 e. The zero-order valence-electron chi connectivity index (χ0n) is 9.90. The number of nitrogens with one attached hydrogen (secondary N) is 1. The summed E-state index contributed by atoms with van der Waals surface area (Å²) in [5, 5.41) is 12.6. The van der Waals surface area contributed by atoms with Crippen molar-refractivity contribution < 1.29 is 5.11 Å². The summed E-state index contributed by atoms with van der Waals surface area (Å²) < 4.78 is 0. The Morgan fingerprint density at radius 2 is 2.00 bits per heavy atom. The third-order valence-corrected chi connectivity index (χ3v) is 3.27. The molecule has 0 radical (unpaired) electrons. The van der Waals surface area contributed by atoms with Gasteiger partial charge in [0.2, 0.25) is 0 Å². The third-order valence-electron chi connectivity index (χ3n) is 3.27. The molecule has 0 unspecified atom stereocenters. The van der Waals surface area contributed by atoms with Gasteiger partial charge in [0, 0.05) is 25.1 Å². The second kappa shape index (κ2) is 4.63. The Labute approximate surface area is 88.1 Å². The Morgan fingerprint density at radius 3 is 2.43 bits per heavy atom. The van der Waals surface area contributed by atoms with Crippen LogP contribution >= 0.6 is 0 Å². The van der Waals surface area contributed by atoms with Gasteiger partial charge < -0.3 is 10.4 Å². The molecular formula is C12H25NO. The molecule has 0 aromatic carbocycles. The number of rotatable bonds is 7. The molecule has 1 aliphatic rings. The molecule has 0 spiro atoms. The van der Waals surface area contributed by atoms with E-state index in [-0.39, 0.29) is 12.0 Å². The SMILES string of the molecule is CCCC1(CNCC(C)(C)CO)CC1. The molecule has 0 aromatic rings. The quantitative estimate of drug-likeness (QED) is 0.658. The molecule has 0 heterocycles. The largest absolute Gasteiger partial charge is 0.396 e. The van der Waals surface area contributed by atoms with E-state index in [4.69, 9.17) is 5.11 Å². The Morgan fingerprint density at radius 1 is 1.36 bits per heavy atom. The lowest BCUT2D eigenvalue weighted by Crippen LogP contribution is -2.35. The molecule has 2 nitrogen and oxygen atoms in total. The number of aliphatic hydroxyl groups excluding tert-OH is 1. The summed E-state index contributed by atoms with van der Waals surface area (Å²) in [6.45, 7) is 8.79. The van der Waals surface area contributed by atoms with Gasteiger partial charge in [-0.1, -0.05) is 27.2 Å². The van der Waals surface area contributed by atoms with Crippen molar-refractivity contribution in [1.82, 2.24) is 5.32 Å². The van der Waals surface area contributed by atoms with Gasteiger partial charge in [0.15, 0.2) is 0 Å². The van der Waals surface area contributed by atoms with Crippen molar-refractivity contribution in [1.29, 1.82) is 0 Å². The number of hydrogen-bond donors (Lipinski definition) is 2. The zero-order valence-corrected chi connectivity index (χ0v) is 9.90. The molecule has 1 rings (SSSR count). The maximum absolute atomic E-state index is 9.10. The van der Waals surface area contributed by atoms with Crippen LogP contribution in [0.5, 0.6) is 0 Å². The van der Waals surface area contributed by atoms with Crippen molar-refractivity contribution in [2.75, 3.05) is 19.7 Å². The van der Waals surface area contributed by atoms with Crippen molar-refractivity contribution in [2.24, 2.45) is 10.8 Å². The van der Waals surface area contributed by atoms with Crippen LogP contribution in [0.4, 0.5) is 0 Å². The summed E-state index contributed by atoms with van der Waals surface area (Å²) in [7, 11) is 0. The molecule has 2 heteroatoms. The van der Waals surface area contributed by atoms with Gasteiger partial charge in [-0.25, -0.2) is 0 Å². The van der Waals surface area contributed by atoms with E-state index in [2.05, 4.69) is 26.1 Å². The van der Waals surface area contributed by atoms with Crippen molar-refractivity contribution in [3.63, 3.8) is 0 Å². The Bertz CT molecular complexity index is 173. The fourth-order valence-corrected chi connectivity index (χ4v) is 1.94. The minimum atomic E-state index is 0.0301. The monoisotopic (exact) mass is 199 g/mol. The van der Waals surface area contributed by atoms with E-state index in [0.29, 0.717) is 5.41 Å². The van der Waals surface area contributed by atoms with Gasteiger partial charge in [-0.05, 0) is 24.7 Å². The first-order valence-electron chi connectivity index (χ1n) is 5.85. The van der Waals surface area contributed by atoms with Crippen LogP contribution in [-0.4, -0.2) is 24.8 Å². The van der Waals surface area contributed by atoms with Crippen LogP contribution in [0.15, 0.2) is 0 Å². The first-order valence-corrected chi connectivity index (χ1v) is 5.85. The number of hydrogen-bond acceptors (Lipinski definition) is 2. The summed E-state index contributed by atoms with van der Waals surface area (Å²) in [6, 6.07) is 0. The summed E-state index contributed by atoms with van der Waals surface area (Å²) in [5.41, 5.74) is 0.655. The highest BCUT2D eigenvalue weighted by Gasteiger charge is 2.40. The van der Waals surface area contributed by atoms with Crippen LogP contribution < -0.4 is 5.32 Å². The first kappa shape index (κ1) is 12.0. The van der Waals surface area contributed by atoms with Crippen molar-refractivity contribution in [2.45, 2.75) is 46.5 Å². The van der Waals surface area contributed by atoms with Gasteiger partial charge in [-0.2, -0.15) is 0 Å². The van der Waals surface area contributed by atoms with Gasteiger partial charge in [0.1, 0.15) is 0 Å². The Hall–Kier alpha value is -0.0800. The normalized spacial score (nSPS) is 19.7. The van der Waals surface area contributed by atoms with Crippen LogP contribution in [0, 0.1) is 10.8 Å². The summed E-state index contributed by atoms with van der Waals surface area (Å²) in [5.74, 6) is 0. The first-order chi connectivity index (χ1) is 6.54. The lowest BCUT2D eigenvalue weighted by Gasteiger charge is -2.24. The summed E-state index contributed by atoms with van der Waals surface area (Å²) in [6.07, 6.45) is 5.45. The molecule has 84 valence electrons. The standard InChI is InChI=1S/C12H25NO/c1-4-5-12(6-7-12)9-13-8-11(2,3)10-14/h13-14H,4-10H2,1-3H3. The minimum Gasteiger partial charge on any atom is -0.396 e. The molecule has 0 aromatic heterocycles. The molecule has 0 saturated heterocycles. The fourth-order valence-electron chi connectivity index (χ4n) is 1.94. The Balaban J connectivity index is 2.15. The topological polar surface area (TPSA) is 32.3 Å². The van der Waals surface area contributed by atoms with Crippen LogP contribution in [0.1, 0.15) is 46.5 Å². The highest BCUT2D eigenvalue weighted by molar-refractivity contribution is 4.94. The van der Waals surface area contributed by atoms with E-state index < -0.39 is 0 Å². The fraction of sp³-hybridized carbons (Fsp3) is 1.00. The molecule has 0 atom stereocenters. The molecule has 1 aliphatic carbocycles. The maximum atomic E-state index is 9.10. The van der Waals surface area contributed by atoms with E-state index in [0.717, 1.165) is 13.1 Å². The predicted molar refractivity (Wildman–Crippen MR) is 60.3 cm³/mol. The predicted octanol–water partition coefficient (Wildman–Crippen LogP) is 2.17. The van der Waals surface area contributed by atoms with Gasteiger partial charge in [-0.3, -0.25) is 0 Å². The molecule has 14 heavy (non-hydrogen) atoms. The van der Waals surface area contributed by atoms with Gasteiger partial charge in [-0.15, -0.1) is 0 Å². The zero-order chi connectivity index (χ0) is 10.7. The van der Waals surface area contributed by atoms with Crippen LogP contribution in [-0.2, 0) is 0 Å². The van der Waals surface area contributed by atoms with E-state index in [1.54, 1.807) is 0 Å². The van der Waals surface area contributed by atoms with E-state index >= 15 is 0 Å². The molecule has 1 saturated carbocycles. The van der Waals surface area contributed by atoms with Crippen LogP contribution in [0.2, 0.25) is 0 Å². The van der Waals surface area contributed by atoms with E-state index in [1.807, 2.05) is 0 Å². The van der Waals surface area contributed by atoms with E-state index in [9.17, 15) is 0 Å². The molecular weight excluding hydrogens is 174 g/mol. The lowest BCUT2D eigenvalue weighted by molar-refractivity contribution is 0.154. The number of aliphatic hydroxyl groups is 1. The molecule has 2 N–H and O–H groups in total. The van der Waals surface area contributed by atoms with Gasteiger partial charge in [0.05, 0.1) is 0 Å². The van der Waals surface area contributed by atoms with E-state index in [1.165, 1.54) is 25.7 Å². The smallest absolute Gasteiger partial charge is 0.0494 e. The van der Waals surface area contributed by atoms with Crippen LogP contribution in [0.25, 0.3) is 0 Å². The molecule has 1 fully saturated rings. The van der Waals surface area contributed by atoms with Crippen molar-refractivity contribution >= 4 is 0 Å². The van der Waals surface area contributed by atoms with Gasteiger partial charge >= 0.3 is 0 Å². The summed E-state index contributed by atoms with van der Waals surface area (Å²) in [4.78, 5) is 0. The Kier molecular flexibility index (Phi) is 3.96. The molecule has 0 aliphatic heterocycles.